The van der Waals surface area contributed by atoms with E-state index >= 15 is 0 Å². The molecular formula is C15H15N. The number of benzene rings is 1. The molecule has 1 aromatic heterocycles. The molecule has 16 heavy (non-hydrogen) atoms. The second-order valence-electron chi connectivity index (χ2n) is 3.74. The molecule has 0 saturated carbocycles. The van der Waals surface area contributed by atoms with Gasteiger partial charge in [0, 0.05) is 11.8 Å². The molecule has 0 saturated heterocycles. The Balaban J connectivity index is 2.16. The molecule has 0 amide bonds. The van der Waals surface area contributed by atoms with E-state index < -0.39 is 0 Å². The zero-order chi connectivity index (χ0) is 11.2. The van der Waals surface area contributed by atoms with E-state index in [1.165, 1.54) is 11.1 Å². The number of aromatic nitrogens is 1. The summed E-state index contributed by atoms with van der Waals surface area (Å²) >= 11 is 0. The Morgan fingerprint density at radius 1 is 1.06 bits per heavy atom. The van der Waals surface area contributed by atoms with Gasteiger partial charge in [-0.1, -0.05) is 36.4 Å². The lowest BCUT2D eigenvalue weighted by molar-refractivity contribution is 1.00. The highest BCUT2D eigenvalue weighted by atomic mass is 14.7. The first kappa shape index (κ1) is 10.6. The van der Waals surface area contributed by atoms with Crippen molar-refractivity contribution in [1.82, 2.24) is 4.98 Å². The van der Waals surface area contributed by atoms with Gasteiger partial charge in [0.05, 0.1) is 5.69 Å². The zero-order valence-electron chi connectivity index (χ0n) is 9.26. The lowest BCUT2D eigenvalue weighted by atomic mass is 10.1. The molecule has 0 atom stereocenters. The summed E-state index contributed by atoms with van der Waals surface area (Å²) in [6, 6.07) is 14.5. The third-order valence-corrected chi connectivity index (χ3v) is 2.55. The number of hydrogen-bond acceptors (Lipinski definition) is 1. The van der Waals surface area contributed by atoms with Crippen LogP contribution in [0.3, 0.4) is 0 Å². The summed E-state index contributed by atoms with van der Waals surface area (Å²) in [6.07, 6.45) is 5.86. The van der Waals surface area contributed by atoms with Crippen LogP contribution in [0.2, 0.25) is 0 Å². The van der Waals surface area contributed by atoms with Crippen LogP contribution in [0.25, 0.3) is 11.3 Å². The van der Waals surface area contributed by atoms with Crippen LogP contribution in [-0.4, -0.2) is 4.98 Å². The van der Waals surface area contributed by atoms with E-state index in [9.17, 15) is 0 Å². The summed E-state index contributed by atoms with van der Waals surface area (Å²) in [6.45, 7) is 3.73. The molecule has 0 radical (unpaired) electrons. The van der Waals surface area contributed by atoms with Crippen molar-refractivity contribution in [2.45, 2.75) is 12.8 Å². The fourth-order valence-electron chi connectivity index (χ4n) is 1.64. The van der Waals surface area contributed by atoms with Crippen LogP contribution in [0.5, 0.6) is 0 Å². The molecule has 0 aliphatic heterocycles. The maximum atomic E-state index is 4.32. The number of nitrogens with zero attached hydrogens (tertiary/aromatic N) is 1. The molecule has 1 aromatic carbocycles. The molecule has 2 aromatic rings. The van der Waals surface area contributed by atoms with Crippen LogP contribution in [0.1, 0.15) is 12.0 Å². The molecule has 1 heterocycles. The summed E-state index contributed by atoms with van der Waals surface area (Å²) in [5.74, 6) is 0. The normalized spacial score (nSPS) is 10.0. The molecule has 2 rings (SSSR count). The van der Waals surface area contributed by atoms with Gasteiger partial charge < -0.3 is 0 Å². The van der Waals surface area contributed by atoms with Gasteiger partial charge in [0.25, 0.3) is 0 Å². The quantitative estimate of drug-likeness (QED) is 0.697. The highest BCUT2D eigenvalue weighted by molar-refractivity contribution is 5.58. The van der Waals surface area contributed by atoms with Gasteiger partial charge in [-0.05, 0) is 30.5 Å². The third kappa shape index (κ3) is 2.57. The van der Waals surface area contributed by atoms with Crippen LogP contribution in [0.15, 0.2) is 61.3 Å². The van der Waals surface area contributed by atoms with Gasteiger partial charge in [-0.25, -0.2) is 0 Å². The van der Waals surface area contributed by atoms with Crippen molar-refractivity contribution in [1.29, 1.82) is 0 Å². The van der Waals surface area contributed by atoms with E-state index in [1.54, 1.807) is 0 Å². The molecule has 0 bridgehead atoms. The first-order chi connectivity index (χ1) is 7.90. The van der Waals surface area contributed by atoms with Gasteiger partial charge in [-0.3, -0.25) is 4.98 Å². The first-order valence-electron chi connectivity index (χ1n) is 5.51. The SMILES string of the molecule is C=CCCc1ccc(-c2ccccn2)cc1. The largest absolute Gasteiger partial charge is 0.256 e. The number of allylic oxidation sites excluding steroid dienone is 1. The molecule has 80 valence electrons. The molecular weight excluding hydrogens is 194 g/mol. The predicted octanol–water partition coefficient (Wildman–Crippen LogP) is 3.87. The summed E-state index contributed by atoms with van der Waals surface area (Å²) < 4.78 is 0. The lowest BCUT2D eigenvalue weighted by Gasteiger charge is -2.02. The van der Waals surface area contributed by atoms with Gasteiger partial charge in [0.2, 0.25) is 0 Å². The van der Waals surface area contributed by atoms with Gasteiger partial charge in [-0.15, -0.1) is 6.58 Å². The lowest BCUT2D eigenvalue weighted by Crippen LogP contribution is -1.85. The van der Waals surface area contributed by atoms with Crippen LogP contribution in [-0.2, 0) is 6.42 Å². The minimum Gasteiger partial charge on any atom is -0.256 e. The maximum Gasteiger partial charge on any atom is 0.0701 e. The van der Waals surface area contributed by atoms with Crippen LogP contribution in [0.4, 0.5) is 0 Å². The first-order valence-corrected chi connectivity index (χ1v) is 5.51. The van der Waals surface area contributed by atoms with Crippen molar-refractivity contribution in [3.63, 3.8) is 0 Å². The Kier molecular flexibility index (Phi) is 3.50. The Morgan fingerprint density at radius 2 is 1.88 bits per heavy atom. The molecule has 0 fully saturated rings. The monoisotopic (exact) mass is 209 g/mol. The number of rotatable bonds is 4. The van der Waals surface area contributed by atoms with Crippen LogP contribution < -0.4 is 0 Å². The minimum absolute atomic E-state index is 1.03. The Bertz CT molecular complexity index is 443. The van der Waals surface area contributed by atoms with Crippen molar-refractivity contribution in [2.24, 2.45) is 0 Å². The highest BCUT2D eigenvalue weighted by Crippen LogP contribution is 2.17. The maximum absolute atomic E-state index is 4.32. The molecule has 1 heteroatoms. The topological polar surface area (TPSA) is 12.9 Å². The summed E-state index contributed by atoms with van der Waals surface area (Å²) in [4.78, 5) is 4.32. The molecule has 0 spiro atoms. The van der Waals surface area contributed by atoms with Gasteiger partial charge in [0.15, 0.2) is 0 Å². The van der Waals surface area contributed by atoms with E-state index in [0.29, 0.717) is 0 Å². The molecule has 0 N–H and O–H groups in total. The van der Waals surface area contributed by atoms with Crippen molar-refractivity contribution in [2.75, 3.05) is 0 Å². The van der Waals surface area contributed by atoms with Crippen molar-refractivity contribution in [3.05, 3.63) is 66.9 Å². The Morgan fingerprint density at radius 3 is 2.50 bits per heavy atom. The average Bonchev–Trinajstić information content (AvgIpc) is 2.38. The van der Waals surface area contributed by atoms with Crippen LogP contribution in [0, 0.1) is 0 Å². The fraction of sp³-hybridized carbons (Fsp3) is 0.133. The van der Waals surface area contributed by atoms with E-state index in [-0.39, 0.29) is 0 Å². The van der Waals surface area contributed by atoms with Crippen LogP contribution >= 0.6 is 0 Å². The summed E-state index contributed by atoms with van der Waals surface area (Å²) in [5.41, 5.74) is 3.54. The number of pyridine rings is 1. The van der Waals surface area contributed by atoms with E-state index in [4.69, 9.17) is 0 Å². The smallest absolute Gasteiger partial charge is 0.0701 e. The number of aryl methyl sites for hydroxylation is 1. The summed E-state index contributed by atoms with van der Waals surface area (Å²) in [7, 11) is 0. The van der Waals surface area contributed by atoms with Gasteiger partial charge in [0.1, 0.15) is 0 Å². The van der Waals surface area contributed by atoms with E-state index in [1.807, 2.05) is 30.5 Å². The van der Waals surface area contributed by atoms with E-state index in [0.717, 1.165) is 18.5 Å². The minimum atomic E-state index is 1.03. The Labute approximate surface area is 96.5 Å². The second kappa shape index (κ2) is 5.26. The molecule has 1 nitrogen and oxygen atoms in total. The molecule has 0 aliphatic carbocycles. The van der Waals surface area contributed by atoms with Crippen molar-refractivity contribution in [3.8, 4) is 11.3 Å². The van der Waals surface area contributed by atoms with Crippen molar-refractivity contribution >= 4 is 0 Å². The predicted molar refractivity (Wildman–Crippen MR) is 68.2 cm³/mol. The Hall–Kier alpha value is -1.89. The van der Waals surface area contributed by atoms with Gasteiger partial charge in [-0.2, -0.15) is 0 Å². The fourth-order valence-corrected chi connectivity index (χ4v) is 1.64. The molecule has 0 unspecified atom stereocenters. The average molecular weight is 209 g/mol. The highest BCUT2D eigenvalue weighted by Gasteiger charge is 1.97. The van der Waals surface area contributed by atoms with Crippen molar-refractivity contribution < 1.29 is 0 Å². The van der Waals surface area contributed by atoms with E-state index in [2.05, 4.69) is 35.8 Å². The number of hydrogen-bond donors (Lipinski definition) is 0. The standard InChI is InChI=1S/C15H15N/c1-2-3-6-13-8-10-14(11-9-13)15-7-4-5-12-16-15/h2,4-5,7-12H,1,3,6H2. The second-order valence-corrected chi connectivity index (χ2v) is 3.74. The third-order valence-electron chi connectivity index (χ3n) is 2.55. The van der Waals surface area contributed by atoms with Gasteiger partial charge >= 0.3 is 0 Å². The summed E-state index contributed by atoms with van der Waals surface area (Å²) in [5, 5.41) is 0. The molecule has 0 aliphatic rings. The zero-order valence-corrected chi connectivity index (χ0v) is 9.26.